The molecule has 7 heteroatoms. The van der Waals surface area contributed by atoms with Crippen molar-refractivity contribution >= 4 is 16.9 Å². The molecule has 7 nitrogen and oxygen atoms in total. The Kier molecular flexibility index (Phi) is 5.02. The van der Waals surface area contributed by atoms with Crippen molar-refractivity contribution in [2.75, 3.05) is 13.7 Å². The minimum Gasteiger partial charge on any atom is -0.507 e. The lowest BCUT2D eigenvalue weighted by Gasteiger charge is -2.21. The van der Waals surface area contributed by atoms with E-state index in [2.05, 4.69) is 0 Å². The second-order valence-corrected chi connectivity index (χ2v) is 6.85. The molecule has 3 atom stereocenters. The zero-order valence-corrected chi connectivity index (χ0v) is 15.2. The van der Waals surface area contributed by atoms with E-state index in [1.54, 1.807) is 0 Å². The molecule has 0 spiro atoms. The van der Waals surface area contributed by atoms with Gasteiger partial charge in [-0.05, 0) is 30.5 Å². The van der Waals surface area contributed by atoms with Crippen LogP contribution in [0.4, 0.5) is 0 Å². The average molecular weight is 362 g/mol. The molecule has 1 fully saturated rings. The van der Waals surface area contributed by atoms with Crippen LogP contribution in [0.15, 0.2) is 21.3 Å². The van der Waals surface area contributed by atoms with E-state index < -0.39 is 23.7 Å². The minimum atomic E-state index is -0.620. The van der Waals surface area contributed by atoms with Gasteiger partial charge in [-0.25, -0.2) is 9.59 Å². The largest absolute Gasteiger partial charge is 0.507 e. The van der Waals surface area contributed by atoms with E-state index in [9.17, 15) is 19.8 Å². The fourth-order valence-corrected chi connectivity index (χ4v) is 3.79. The Labute approximate surface area is 150 Å². The lowest BCUT2D eigenvalue weighted by atomic mass is 9.99. The zero-order chi connectivity index (χ0) is 19.0. The summed E-state index contributed by atoms with van der Waals surface area (Å²) >= 11 is 0. The van der Waals surface area contributed by atoms with Crippen molar-refractivity contribution in [3.05, 3.63) is 39.2 Å². The highest BCUT2D eigenvalue weighted by Crippen LogP contribution is 2.32. The summed E-state index contributed by atoms with van der Waals surface area (Å²) < 4.78 is 10.3. The van der Waals surface area contributed by atoms with Crippen LogP contribution < -0.4 is 10.5 Å². The monoisotopic (exact) mass is 362 g/mol. The number of hydrogen-bond donors (Lipinski definition) is 3. The predicted molar refractivity (Wildman–Crippen MR) is 94.2 cm³/mol. The second-order valence-electron chi connectivity index (χ2n) is 6.85. The van der Waals surface area contributed by atoms with Gasteiger partial charge in [0.2, 0.25) is 0 Å². The van der Waals surface area contributed by atoms with Crippen LogP contribution in [0.2, 0.25) is 0 Å². The molecule has 0 radical (unpaired) electrons. The summed E-state index contributed by atoms with van der Waals surface area (Å²) in [7, 11) is 1.32. The number of methoxy groups -OCH3 is 1. The number of nitrogens with one attached hydrogen (secondary N) is 1. The summed E-state index contributed by atoms with van der Waals surface area (Å²) in [5.41, 5.74) is 1.85. The van der Waals surface area contributed by atoms with E-state index in [1.165, 1.54) is 13.2 Å². The third-order valence-electron chi connectivity index (χ3n) is 5.16. The molecule has 2 heterocycles. The molecule has 1 saturated heterocycles. The molecule has 1 aromatic heterocycles. The summed E-state index contributed by atoms with van der Waals surface area (Å²) in [6.45, 7) is 4.36. The Hall–Kier alpha value is -2.38. The van der Waals surface area contributed by atoms with Gasteiger partial charge >= 0.3 is 11.6 Å². The minimum absolute atomic E-state index is 0.0752. The summed E-state index contributed by atoms with van der Waals surface area (Å²) in [5.74, 6) is -0.323. The molecule has 26 heavy (non-hydrogen) atoms. The van der Waals surface area contributed by atoms with Gasteiger partial charge in [-0.2, -0.15) is 0 Å². The number of carbonyl (C=O) groups is 1. The number of phenolic OH excluding ortho intramolecular Hbond substituents is 1. The number of aliphatic hydroxyl groups excluding tert-OH is 1. The standard InChI is InChI=1S/C19H23NO6/c1-4-11-6-13-10(2)5-16(22)26-18(13)14(17(11)23)9-20-8-12(21)7-15(20)19(24)25-3/h5-6,12,15,21,23H,4,7-9H2,1-3H3/p+1/t12-,15-/m0/s1. The smallest absolute Gasteiger partial charge is 0.364 e. The number of ether oxygens (including phenoxy) is 1. The summed E-state index contributed by atoms with van der Waals surface area (Å²) in [6, 6.07) is 2.73. The highest BCUT2D eigenvalue weighted by atomic mass is 16.5. The van der Waals surface area contributed by atoms with Crippen LogP contribution in [0, 0.1) is 6.92 Å². The van der Waals surface area contributed by atoms with E-state index >= 15 is 0 Å². The molecule has 3 rings (SSSR count). The number of carbonyl (C=O) groups excluding carboxylic acids is 1. The molecule has 1 aromatic carbocycles. The number of quaternary nitrogens is 1. The number of rotatable bonds is 4. The quantitative estimate of drug-likeness (QED) is 0.525. The average Bonchev–Trinajstić information content (AvgIpc) is 2.97. The van der Waals surface area contributed by atoms with Crippen molar-refractivity contribution in [3.8, 4) is 5.75 Å². The predicted octanol–water partition coefficient (Wildman–Crippen LogP) is 0.0605. The number of hydrogen-bond acceptors (Lipinski definition) is 6. The normalized spacial score (nSPS) is 22.7. The first-order valence-electron chi connectivity index (χ1n) is 8.74. The van der Waals surface area contributed by atoms with Crippen LogP contribution in [0.3, 0.4) is 0 Å². The second kappa shape index (κ2) is 7.09. The Bertz CT molecular complexity index is 903. The molecule has 1 aliphatic rings. The van der Waals surface area contributed by atoms with Crippen molar-refractivity contribution in [2.24, 2.45) is 0 Å². The lowest BCUT2D eigenvalue weighted by molar-refractivity contribution is -0.918. The molecule has 140 valence electrons. The van der Waals surface area contributed by atoms with Crippen molar-refractivity contribution in [1.29, 1.82) is 0 Å². The van der Waals surface area contributed by atoms with Crippen molar-refractivity contribution in [3.63, 3.8) is 0 Å². The van der Waals surface area contributed by atoms with E-state index in [4.69, 9.17) is 9.15 Å². The zero-order valence-electron chi connectivity index (χ0n) is 15.2. The Morgan fingerprint density at radius 1 is 1.42 bits per heavy atom. The van der Waals surface area contributed by atoms with Gasteiger partial charge in [-0.1, -0.05) is 6.92 Å². The maximum absolute atomic E-state index is 12.1. The number of esters is 1. The van der Waals surface area contributed by atoms with Crippen LogP contribution in [0.5, 0.6) is 5.75 Å². The van der Waals surface area contributed by atoms with E-state index in [0.29, 0.717) is 30.5 Å². The van der Waals surface area contributed by atoms with Gasteiger partial charge < -0.3 is 24.3 Å². The number of fused-ring (bicyclic) bond motifs is 1. The molecular formula is C19H24NO6+. The van der Waals surface area contributed by atoms with Gasteiger partial charge in [0.15, 0.2) is 11.6 Å². The highest BCUT2D eigenvalue weighted by molar-refractivity contribution is 5.86. The highest BCUT2D eigenvalue weighted by Gasteiger charge is 2.41. The van der Waals surface area contributed by atoms with Gasteiger partial charge in [0.25, 0.3) is 0 Å². The Morgan fingerprint density at radius 2 is 2.15 bits per heavy atom. The first-order valence-corrected chi connectivity index (χ1v) is 8.74. The van der Waals surface area contributed by atoms with Crippen LogP contribution in [0.25, 0.3) is 11.0 Å². The summed E-state index contributed by atoms with van der Waals surface area (Å²) in [5, 5.41) is 21.5. The number of likely N-dealkylation sites (tertiary alicyclic amines) is 1. The van der Waals surface area contributed by atoms with Crippen molar-refractivity contribution in [1.82, 2.24) is 0 Å². The fraction of sp³-hybridized carbons (Fsp3) is 0.474. The fourth-order valence-electron chi connectivity index (χ4n) is 3.79. The Morgan fingerprint density at radius 3 is 2.81 bits per heavy atom. The third-order valence-corrected chi connectivity index (χ3v) is 5.16. The van der Waals surface area contributed by atoms with Gasteiger partial charge in [-0.3, -0.25) is 0 Å². The number of aromatic hydroxyl groups is 1. The molecule has 3 N–H and O–H groups in total. The maximum atomic E-state index is 12.1. The first-order chi connectivity index (χ1) is 12.3. The number of aliphatic hydroxyl groups is 1. The SMILES string of the molecule is CCc1cc2c(C)cc(=O)oc2c(C[NH+]2C[C@@H](O)C[C@H]2C(=O)OC)c1O. The number of phenols is 1. The first kappa shape index (κ1) is 18.4. The topological polar surface area (TPSA) is 101 Å². The van der Waals surface area contributed by atoms with Crippen LogP contribution in [-0.2, 0) is 22.5 Å². The van der Waals surface area contributed by atoms with Gasteiger partial charge in [0, 0.05) is 17.9 Å². The van der Waals surface area contributed by atoms with Crippen LogP contribution >= 0.6 is 0 Å². The van der Waals surface area contributed by atoms with Gasteiger partial charge in [-0.15, -0.1) is 0 Å². The molecule has 1 unspecified atom stereocenters. The molecular weight excluding hydrogens is 338 g/mol. The van der Waals surface area contributed by atoms with Gasteiger partial charge in [0.05, 0.1) is 12.7 Å². The molecule has 1 aliphatic heterocycles. The van der Waals surface area contributed by atoms with E-state index in [-0.39, 0.29) is 12.3 Å². The van der Waals surface area contributed by atoms with Crippen molar-refractivity contribution in [2.45, 2.75) is 45.4 Å². The van der Waals surface area contributed by atoms with E-state index in [1.807, 2.05) is 19.9 Å². The molecule has 0 bridgehead atoms. The Balaban J connectivity index is 2.13. The van der Waals surface area contributed by atoms with Crippen molar-refractivity contribution < 1.29 is 29.1 Å². The third kappa shape index (κ3) is 3.20. The molecule has 0 amide bonds. The summed E-state index contributed by atoms with van der Waals surface area (Å²) in [6.07, 6.45) is 0.300. The molecule has 0 aliphatic carbocycles. The maximum Gasteiger partial charge on any atom is 0.364 e. The molecule has 0 saturated carbocycles. The number of benzene rings is 1. The lowest BCUT2D eigenvalue weighted by Crippen LogP contribution is -3.13. The van der Waals surface area contributed by atoms with Crippen LogP contribution in [-0.4, -0.2) is 42.0 Å². The van der Waals surface area contributed by atoms with Crippen LogP contribution in [0.1, 0.15) is 30.0 Å². The number of aryl methyl sites for hydroxylation is 2. The van der Waals surface area contributed by atoms with Gasteiger partial charge in [0.1, 0.15) is 24.9 Å². The van der Waals surface area contributed by atoms with E-state index in [0.717, 1.165) is 21.4 Å². The molecule has 2 aromatic rings. The summed E-state index contributed by atoms with van der Waals surface area (Å²) in [4.78, 5) is 24.7.